The second kappa shape index (κ2) is 7.90. The van der Waals surface area contributed by atoms with Gasteiger partial charge in [-0.25, -0.2) is 4.79 Å². The van der Waals surface area contributed by atoms with E-state index in [1.165, 1.54) is 6.92 Å². The smallest absolute Gasteiger partial charge is 0.325 e. The average molecular weight is 375 g/mol. The van der Waals surface area contributed by atoms with Crippen LogP contribution in [0.1, 0.15) is 19.4 Å². The van der Waals surface area contributed by atoms with Gasteiger partial charge in [-0.3, -0.25) is 19.3 Å². The molecule has 1 fully saturated rings. The molecule has 144 valence electrons. The Hall–Kier alpha value is -3.36. The number of carboxylic acids is 1. The molecule has 1 aromatic rings. The standard InChI is InChI=1S/C18H21N3O6/c1-11(2)10-27-13-6-4-12(5-7-13)18(3)16(25)21(17(26)20-18)9-14(22)19-8-15(23)24/h4-7H,1,8-10H2,2-3H3,(H,19,22)(H,20,26)(H,23,24). The number of carboxylic acid groups (broad SMARTS) is 1. The Labute approximate surface area is 156 Å². The quantitative estimate of drug-likeness (QED) is 0.452. The molecule has 1 aromatic carbocycles. The normalized spacial score (nSPS) is 18.8. The molecule has 9 nitrogen and oxygen atoms in total. The van der Waals surface area contributed by atoms with Crippen LogP contribution in [0.15, 0.2) is 36.4 Å². The topological polar surface area (TPSA) is 125 Å². The van der Waals surface area contributed by atoms with Crippen molar-refractivity contribution in [2.45, 2.75) is 19.4 Å². The van der Waals surface area contributed by atoms with Crippen molar-refractivity contribution in [3.8, 4) is 5.75 Å². The fourth-order valence-electron chi connectivity index (χ4n) is 2.50. The first-order chi connectivity index (χ1) is 12.6. The number of ether oxygens (including phenoxy) is 1. The third-order valence-electron chi connectivity index (χ3n) is 3.93. The predicted octanol–water partition coefficient (Wildman–Crippen LogP) is 0.609. The zero-order valence-electron chi connectivity index (χ0n) is 15.1. The van der Waals surface area contributed by atoms with Crippen molar-refractivity contribution in [1.82, 2.24) is 15.5 Å². The Bertz CT molecular complexity index is 789. The largest absolute Gasteiger partial charge is 0.489 e. The van der Waals surface area contributed by atoms with Crippen LogP contribution >= 0.6 is 0 Å². The molecule has 0 aromatic heterocycles. The number of imide groups is 1. The molecule has 1 aliphatic heterocycles. The minimum atomic E-state index is -1.34. The number of hydrogen-bond donors (Lipinski definition) is 3. The molecule has 1 aliphatic rings. The van der Waals surface area contributed by atoms with Crippen molar-refractivity contribution in [3.05, 3.63) is 42.0 Å². The summed E-state index contributed by atoms with van der Waals surface area (Å²) in [5, 5.41) is 13.2. The summed E-state index contributed by atoms with van der Waals surface area (Å²) in [6.07, 6.45) is 0. The van der Waals surface area contributed by atoms with Gasteiger partial charge in [-0.05, 0) is 37.1 Å². The van der Waals surface area contributed by atoms with E-state index < -0.39 is 42.4 Å². The fraction of sp³-hybridized carbons (Fsp3) is 0.333. The van der Waals surface area contributed by atoms with Gasteiger partial charge < -0.3 is 20.5 Å². The molecular formula is C18H21N3O6. The molecule has 2 rings (SSSR count). The number of aliphatic carboxylic acids is 1. The van der Waals surface area contributed by atoms with E-state index >= 15 is 0 Å². The molecule has 0 radical (unpaired) electrons. The third-order valence-corrected chi connectivity index (χ3v) is 3.93. The maximum atomic E-state index is 12.7. The number of nitrogens with one attached hydrogen (secondary N) is 2. The third kappa shape index (κ3) is 4.63. The van der Waals surface area contributed by atoms with Gasteiger partial charge in [0.25, 0.3) is 5.91 Å². The van der Waals surface area contributed by atoms with Crippen LogP contribution < -0.4 is 15.4 Å². The molecule has 1 saturated heterocycles. The Balaban J connectivity index is 2.10. The van der Waals surface area contributed by atoms with E-state index in [4.69, 9.17) is 9.84 Å². The number of urea groups is 1. The zero-order chi connectivity index (χ0) is 20.2. The first kappa shape index (κ1) is 20.0. The molecule has 3 N–H and O–H groups in total. The predicted molar refractivity (Wildman–Crippen MR) is 95.0 cm³/mol. The molecule has 1 unspecified atom stereocenters. The number of carbonyl (C=O) groups is 4. The minimum Gasteiger partial charge on any atom is -0.489 e. The Morgan fingerprint density at radius 2 is 1.93 bits per heavy atom. The summed E-state index contributed by atoms with van der Waals surface area (Å²) < 4.78 is 5.50. The molecular weight excluding hydrogens is 354 g/mol. The second-order valence-corrected chi connectivity index (χ2v) is 6.39. The Kier molecular flexibility index (Phi) is 5.84. The van der Waals surface area contributed by atoms with Crippen LogP contribution in [0.4, 0.5) is 4.79 Å². The lowest BCUT2D eigenvalue weighted by Crippen LogP contribution is -2.44. The minimum absolute atomic E-state index is 0.367. The van der Waals surface area contributed by atoms with Gasteiger partial charge in [0.1, 0.15) is 31.0 Å². The SMILES string of the molecule is C=C(C)COc1ccc(C2(C)NC(=O)N(CC(=O)NCC(=O)O)C2=O)cc1. The first-order valence-corrected chi connectivity index (χ1v) is 8.14. The van der Waals surface area contributed by atoms with Crippen LogP contribution in [-0.2, 0) is 19.9 Å². The highest BCUT2D eigenvalue weighted by Crippen LogP contribution is 2.30. The van der Waals surface area contributed by atoms with Gasteiger partial charge in [-0.1, -0.05) is 18.7 Å². The number of amides is 4. The zero-order valence-corrected chi connectivity index (χ0v) is 15.1. The molecule has 0 spiro atoms. The van der Waals surface area contributed by atoms with Gasteiger partial charge in [-0.2, -0.15) is 0 Å². The van der Waals surface area contributed by atoms with Crippen LogP contribution in [0.5, 0.6) is 5.75 Å². The highest BCUT2D eigenvalue weighted by Gasteiger charge is 2.49. The maximum absolute atomic E-state index is 12.7. The van der Waals surface area contributed by atoms with Gasteiger partial charge in [0, 0.05) is 0 Å². The summed E-state index contributed by atoms with van der Waals surface area (Å²) in [6.45, 7) is 6.33. The van der Waals surface area contributed by atoms with E-state index in [-0.39, 0.29) is 0 Å². The fourth-order valence-corrected chi connectivity index (χ4v) is 2.50. The summed E-state index contributed by atoms with van der Waals surface area (Å²) in [7, 11) is 0. The maximum Gasteiger partial charge on any atom is 0.325 e. The van der Waals surface area contributed by atoms with Crippen molar-refractivity contribution in [2.75, 3.05) is 19.7 Å². The second-order valence-electron chi connectivity index (χ2n) is 6.39. The van der Waals surface area contributed by atoms with Crippen LogP contribution in [0, 0.1) is 0 Å². The molecule has 27 heavy (non-hydrogen) atoms. The highest BCUT2D eigenvalue weighted by atomic mass is 16.5. The lowest BCUT2D eigenvalue weighted by Gasteiger charge is -2.22. The Morgan fingerprint density at radius 3 is 2.48 bits per heavy atom. The summed E-state index contributed by atoms with van der Waals surface area (Å²) >= 11 is 0. The van der Waals surface area contributed by atoms with E-state index in [1.807, 2.05) is 6.92 Å². The van der Waals surface area contributed by atoms with Gasteiger partial charge in [0.15, 0.2) is 0 Å². The van der Waals surface area contributed by atoms with Crippen LogP contribution in [0.2, 0.25) is 0 Å². The van der Waals surface area contributed by atoms with Gasteiger partial charge in [0.05, 0.1) is 0 Å². The van der Waals surface area contributed by atoms with Gasteiger partial charge in [0.2, 0.25) is 5.91 Å². The van der Waals surface area contributed by atoms with Crippen molar-refractivity contribution in [1.29, 1.82) is 0 Å². The van der Waals surface area contributed by atoms with E-state index in [0.717, 1.165) is 10.5 Å². The van der Waals surface area contributed by atoms with Crippen LogP contribution in [-0.4, -0.2) is 53.5 Å². The number of hydrogen-bond acceptors (Lipinski definition) is 5. The Morgan fingerprint density at radius 1 is 1.30 bits per heavy atom. The number of benzene rings is 1. The molecule has 1 atom stereocenters. The van der Waals surface area contributed by atoms with Crippen molar-refractivity contribution < 1.29 is 29.0 Å². The molecule has 1 heterocycles. The van der Waals surface area contributed by atoms with Crippen molar-refractivity contribution in [2.24, 2.45) is 0 Å². The number of carbonyl (C=O) groups excluding carboxylic acids is 3. The van der Waals surface area contributed by atoms with Crippen molar-refractivity contribution in [3.63, 3.8) is 0 Å². The molecule has 9 heteroatoms. The lowest BCUT2D eigenvalue weighted by molar-refractivity contribution is -0.138. The van der Waals surface area contributed by atoms with Crippen LogP contribution in [0.25, 0.3) is 0 Å². The number of rotatable bonds is 8. The number of nitrogens with zero attached hydrogens (tertiary/aromatic N) is 1. The van der Waals surface area contributed by atoms with Crippen molar-refractivity contribution >= 4 is 23.8 Å². The van der Waals surface area contributed by atoms with E-state index in [2.05, 4.69) is 17.2 Å². The summed E-state index contributed by atoms with van der Waals surface area (Å²) in [5.74, 6) is -1.98. The van der Waals surface area contributed by atoms with E-state index in [0.29, 0.717) is 17.9 Å². The molecule has 0 aliphatic carbocycles. The summed E-state index contributed by atoms with van der Waals surface area (Å²) in [6, 6.07) is 5.92. The van der Waals surface area contributed by atoms with E-state index in [9.17, 15) is 19.2 Å². The first-order valence-electron chi connectivity index (χ1n) is 8.14. The monoisotopic (exact) mass is 375 g/mol. The molecule has 0 bridgehead atoms. The summed E-state index contributed by atoms with van der Waals surface area (Å²) in [4.78, 5) is 47.8. The average Bonchev–Trinajstić information content (AvgIpc) is 2.82. The lowest BCUT2D eigenvalue weighted by atomic mass is 9.92. The van der Waals surface area contributed by atoms with Gasteiger partial charge in [-0.15, -0.1) is 0 Å². The molecule has 0 saturated carbocycles. The van der Waals surface area contributed by atoms with E-state index in [1.54, 1.807) is 24.3 Å². The highest BCUT2D eigenvalue weighted by molar-refractivity contribution is 6.09. The summed E-state index contributed by atoms with van der Waals surface area (Å²) in [5.41, 5.74) is 0.0508. The van der Waals surface area contributed by atoms with Crippen LogP contribution in [0.3, 0.4) is 0 Å². The molecule has 4 amide bonds. The van der Waals surface area contributed by atoms with Gasteiger partial charge >= 0.3 is 12.0 Å².